The molecule has 3 heteroatoms. The molecule has 0 atom stereocenters. The number of rotatable bonds is 11. The van der Waals surface area contributed by atoms with E-state index in [0.717, 1.165) is 36.3 Å². The van der Waals surface area contributed by atoms with Crippen molar-refractivity contribution in [2.45, 2.75) is 71.1 Å². The maximum atomic E-state index is 11.6. The zero-order valence-corrected chi connectivity index (χ0v) is 23.0. The molecular formula is C35H42O3. The van der Waals surface area contributed by atoms with Crippen molar-refractivity contribution in [1.29, 1.82) is 0 Å². The Balaban J connectivity index is 1.59. The molecule has 1 aliphatic carbocycles. The van der Waals surface area contributed by atoms with Crippen molar-refractivity contribution in [3.05, 3.63) is 95.6 Å². The Bertz CT molecular complexity index is 1220. The fourth-order valence-electron chi connectivity index (χ4n) is 5.76. The standard InChI is InChI=1S/C35H42O3/c1-4-27-24-31(34-18-10-26(7-6-21-36)23-32(34)20-22-38-35(37)5-2)17-19-33(27)30-15-13-29(14-16-30)28-11-8-25(3)9-12-28/h5,10,13-19,23-25,28,36H,2,4,6-9,11-12,20-22H2,1,3H3. The van der Waals surface area contributed by atoms with Crippen LogP contribution in [-0.2, 0) is 28.8 Å². The molecule has 0 aliphatic heterocycles. The van der Waals surface area contributed by atoms with Crippen molar-refractivity contribution < 1.29 is 14.6 Å². The second kappa shape index (κ2) is 13.6. The Morgan fingerprint density at radius 1 is 0.921 bits per heavy atom. The van der Waals surface area contributed by atoms with Crippen LogP contribution in [0.1, 0.15) is 74.1 Å². The van der Waals surface area contributed by atoms with Gasteiger partial charge in [0, 0.05) is 19.1 Å². The lowest BCUT2D eigenvalue weighted by molar-refractivity contribution is -0.137. The monoisotopic (exact) mass is 510 g/mol. The summed E-state index contributed by atoms with van der Waals surface area (Å²) in [5.41, 5.74) is 10.1. The summed E-state index contributed by atoms with van der Waals surface area (Å²) < 4.78 is 5.29. The van der Waals surface area contributed by atoms with Gasteiger partial charge in [0.2, 0.25) is 0 Å². The minimum atomic E-state index is -0.398. The van der Waals surface area contributed by atoms with E-state index in [0.29, 0.717) is 18.9 Å². The highest BCUT2D eigenvalue weighted by atomic mass is 16.5. The van der Waals surface area contributed by atoms with Gasteiger partial charge in [0.05, 0.1) is 6.61 Å². The van der Waals surface area contributed by atoms with Gasteiger partial charge in [-0.2, -0.15) is 0 Å². The highest BCUT2D eigenvalue weighted by Crippen LogP contribution is 2.37. The average Bonchev–Trinajstić information content (AvgIpc) is 2.96. The molecule has 200 valence electrons. The van der Waals surface area contributed by atoms with Crippen LogP contribution < -0.4 is 0 Å². The number of benzene rings is 3. The third kappa shape index (κ3) is 7.02. The summed E-state index contributed by atoms with van der Waals surface area (Å²) in [7, 11) is 0. The van der Waals surface area contributed by atoms with E-state index in [9.17, 15) is 9.90 Å². The molecule has 3 aromatic carbocycles. The number of hydrogen-bond donors (Lipinski definition) is 1. The lowest BCUT2D eigenvalue weighted by atomic mass is 9.79. The van der Waals surface area contributed by atoms with Crippen LogP contribution in [0.25, 0.3) is 22.3 Å². The van der Waals surface area contributed by atoms with Crippen LogP contribution in [-0.4, -0.2) is 24.3 Å². The molecule has 1 N–H and O–H groups in total. The van der Waals surface area contributed by atoms with Crippen molar-refractivity contribution in [2.24, 2.45) is 5.92 Å². The van der Waals surface area contributed by atoms with E-state index in [1.54, 1.807) is 0 Å². The molecule has 0 bridgehead atoms. The van der Waals surface area contributed by atoms with E-state index in [2.05, 4.69) is 81.1 Å². The predicted molar refractivity (Wildman–Crippen MR) is 157 cm³/mol. The molecule has 0 radical (unpaired) electrons. The molecule has 0 unspecified atom stereocenters. The van der Waals surface area contributed by atoms with Gasteiger partial charge >= 0.3 is 5.97 Å². The predicted octanol–water partition coefficient (Wildman–Crippen LogP) is 8.07. The summed E-state index contributed by atoms with van der Waals surface area (Å²) in [4.78, 5) is 11.6. The molecule has 4 rings (SSSR count). The molecule has 1 saturated carbocycles. The van der Waals surface area contributed by atoms with Gasteiger partial charge in [0.15, 0.2) is 0 Å². The topological polar surface area (TPSA) is 46.5 Å². The van der Waals surface area contributed by atoms with Gasteiger partial charge in [-0.1, -0.05) is 93.9 Å². The highest BCUT2D eigenvalue weighted by molar-refractivity contribution is 5.81. The van der Waals surface area contributed by atoms with Crippen molar-refractivity contribution in [3.8, 4) is 22.3 Å². The highest BCUT2D eigenvalue weighted by Gasteiger charge is 2.20. The molecule has 0 saturated heterocycles. The third-order valence-electron chi connectivity index (χ3n) is 8.08. The molecule has 1 fully saturated rings. The van der Waals surface area contributed by atoms with Gasteiger partial charge in [0.25, 0.3) is 0 Å². The van der Waals surface area contributed by atoms with Crippen LogP contribution in [0, 0.1) is 5.92 Å². The van der Waals surface area contributed by atoms with Crippen LogP contribution in [0.4, 0.5) is 0 Å². The Labute approximate surface area is 228 Å². The van der Waals surface area contributed by atoms with Gasteiger partial charge < -0.3 is 9.84 Å². The van der Waals surface area contributed by atoms with Gasteiger partial charge in [-0.3, -0.25) is 0 Å². The fourth-order valence-corrected chi connectivity index (χ4v) is 5.76. The van der Waals surface area contributed by atoms with Gasteiger partial charge in [-0.25, -0.2) is 4.79 Å². The fraction of sp³-hybridized carbons (Fsp3) is 0.400. The number of carbonyl (C=O) groups excluding carboxylic acids is 1. The van der Waals surface area contributed by atoms with Gasteiger partial charge in [0.1, 0.15) is 0 Å². The smallest absolute Gasteiger partial charge is 0.330 e. The Hall–Kier alpha value is -3.17. The minimum absolute atomic E-state index is 0.177. The minimum Gasteiger partial charge on any atom is -0.462 e. The quantitative estimate of drug-likeness (QED) is 0.209. The first kappa shape index (κ1) is 27.9. The van der Waals surface area contributed by atoms with Crippen LogP contribution in [0.2, 0.25) is 0 Å². The summed E-state index contributed by atoms with van der Waals surface area (Å²) >= 11 is 0. The number of esters is 1. The Morgan fingerprint density at radius 3 is 2.29 bits per heavy atom. The van der Waals surface area contributed by atoms with Crippen molar-refractivity contribution >= 4 is 5.97 Å². The van der Waals surface area contributed by atoms with E-state index in [-0.39, 0.29) is 6.61 Å². The number of carbonyl (C=O) groups is 1. The number of ether oxygens (including phenoxy) is 1. The normalized spacial score (nSPS) is 17.2. The lowest BCUT2D eigenvalue weighted by Gasteiger charge is -2.26. The summed E-state index contributed by atoms with van der Waals surface area (Å²) in [6, 6.07) is 22.6. The van der Waals surface area contributed by atoms with Gasteiger partial charge in [-0.05, 0) is 88.4 Å². The zero-order chi connectivity index (χ0) is 26.9. The van der Waals surface area contributed by atoms with E-state index in [4.69, 9.17) is 4.74 Å². The first-order valence-electron chi connectivity index (χ1n) is 14.3. The second-order valence-corrected chi connectivity index (χ2v) is 10.7. The van der Waals surface area contributed by atoms with Gasteiger partial charge in [-0.15, -0.1) is 0 Å². The maximum Gasteiger partial charge on any atom is 0.330 e. The van der Waals surface area contributed by atoms with Crippen LogP contribution in [0.15, 0.2) is 73.3 Å². The van der Waals surface area contributed by atoms with Crippen molar-refractivity contribution in [2.75, 3.05) is 13.2 Å². The molecule has 0 aromatic heterocycles. The number of aliphatic hydroxyl groups excluding tert-OH is 1. The maximum absolute atomic E-state index is 11.6. The summed E-state index contributed by atoms with van der Waals surface area (Å²) in [5, 5.41) is 9.26. The molecule has 0 heterocycles. The summed E-state index contributed by atoms with van der Waals surface area (Å²) in [6.45, 7) is 8.57. The molecule has 38 heavy (non-hydrogen) atoms. The molecule has 0 spiro atoms. The molecular weight excluding hydrogens is 468 g/mol. The van der Waals surface area contributed by atoms with E-state index >= 15 is 0 Å². The Morgan fingerprint density at radius 2 is 1.61 bits per heavy atom. The van der Waals surface area contributed by atoms with Crippen LogP contribution in [0.3, 0.4) is 0 Å². The molecule has 0 amide bonds. The molecule has 3 nitrogen and oxygen atoms in total. The first-order chi connectivity index (χ1) is 18.5. The van der Waals surface area contributed by atoms with Crippen molar-refractivity contribution in [1.82, 2.24) is 0 Å². The SMILES string of the molecule is C=CC(=O)OCCc1cc(CCCO)ccc1-c1ccc(-c2ccc(C3CCC(C)CC3)cc2)c(CC)c1. The van der Waals surface area contributed by atoms with Crippen LogP contribution >= 0.6 is 0 Å². The third-order valence-corrected chi connectivity index (χ3v) is 8.08. The summed E-state index contributed by atoms with van der Waals surface area (Å²) in [5.74, 6) is 1.18. The second-order valence-electron chi connectivity index (χ2n) is 10.7. The zero-order valence-electron chi connectivity index (χ0n) is 23.0. The number of hydrogen-bond acceptors (Lipinski definition) is 3. The van der Waals surface area contributed by atoms with E-state index in [1.165, 1.54) is 65.1 Å². The molecule has 1 aliphatic rings. The first-order valence-corrected chi connectivity index (χ1v) is 14.3. The average molecular weight is 511 g/mol. The van der Waals surface area contributed by atoms with E-state index in [1.807, 2.05) is 0 Å². The Kier molecular flexibility index (Phi) is 9.95. The van der Waals surface area contributed by atoms with E-state index < -0.39 is 5.97 Å². The lowest BCUT2D eigenvalue weighted by Crippen LogP contribution is -2.10. The summed E-state index contributed by atoms with van der Waals surface area (Å²) in [6.07, 6.45) is 9.64. The molecule has 3 aromatic rings. The van der Waals surface area contributed by atoms with Crippen LogP contribution in [0.5, 0.6) is 0 Å². The number of aliphatic hydroxyl groups is 1. The largest absolute Gasteiger partial charge is 0.462 e. The van der Waals surface area contributed by atoms with Crippen molar-refractivity contribution in [3.63, 3.8) is 0 Å². The number of aryl methyl sites for hydroxylation is 2.